The topological polar surface area (TPSA) is 111 Å². The molecule has 9 nitrogen and oxygen atoms in total. The minimum Gasteiger partial charge on any atom is -0.378 e. The first-order valence-electron chi connectivity index (χ1n) is 7.52. The summed E-state index contributed by atoms with van der Waals surface area (Å²) in [5.41, 5.74) is 0. The van der Waals surface area contributed by atoms with Crippen molar-refractivity contribution >= 4 is 23.6 Å². The van der Waals surface area contributed by atoms with Crippen LogP contribution in [-0.4, -0.2) is 68.1 Å². The first-order valence-corrected chi connectivity index (χ1v) is 7.52. The van der Waals surface area contributed by atoms with Crippen LogP contribution >= 0.6 is 0 Å². The normalized spacial score (nSPS) is 14.2. The van der Waals surface area contributed by atoms with Gasteiger partial charge in [0.1, 0.15) is 0 Å². The number of rotatable bonds is 11. The molecule has 0 saturated carbocycles. The number of hydrogen-bond donors (Lipinski definition) is 1. The van der Waals surface area contributed by atoms with E-state index in [1.807, 2.05) is 0 Å². The average Bonchev–Trinajstić information content (AvgIpc) is 2.85. The lowest BCUT2D eigenvalue weighted by molar-refractivity contribution is -0.193. The predicted molar refractivity (Wildman–Crippen MR) is 77.0 cm³/mol. The van der Waals surface area contributed by atoms with Gasteiger partial charge >= 0.3 is 11.9 Å². The standard InChI is InChI=1S/C14H22N2O7/c1-2-12(18)15-5-8-22-10-9-21-7-4-13(19)23-16-6-3-11(17)14(16)20/h2-10H2,1H3,(H,15,18). The van der Waals surface area contributed by atoms with Crippen molar-refractivity contribution in [2.75, 3.05) is 39.5 Å². The maximum Gasteiger partial charge on any atom is 0.334 e. The van der Waals surface area contributed by atoms with E-state index in [1.165, 1.54) is 0 Å². The molecule has 1 rings (SSSR count). The van der Waals surface area contributed by atoms with Crippen molar-refractivity contribution in [2.45, 2.75) is 26.2 Å². The summed E-state index contributed by atoms with van der Waals surface area (Å²) in [6.07, 6.45) is 0.486. The predicted octanol–water partition coefficient (Wildman–Crippen LogP) is -0.804. The Labute approximate surface area is 134 Å². The van der Waals surface area contributed by atoms with Crippen molar-refractivity contribution in [1.29, 1.82) is 0 Å². The van der Waals surface area contributed by atoms with E-state index in [9.17, 15) is 19.2 Å². The number of ketones is 1. The van der Waals surface area contributed by atoms with Crippen LogP contribution in [0.3, 0.4) is 0 Å². The summed E-state index contributed by atoms with van der Waals surface area (Å²) in [4.78, 5) is 49.3. The molecule has 0 atom stereocenters. The Bertz CT molecular complexity index is 439. The third-order valence-corrected chi connectivity index (χ3v) is 2.93. The number of carbonyl (C=O) groups is 4. The summed E-state index contributed by atoms with van der Waals surface area (Å²) >= 11 is 0. The van der Waals surface area contributed by atoms with E-state index in [0.717, 1.165) is 5.06 Å². The van der Waals surface area contributed by atoms with Crippen molar-refractivity contribution in [2.24, 2.45) is 0 Å². The van der Waals surface area contributed by atoms with Crippen molar-refractivity contribution in [3.63, 3.8) is 0 Å². The molecule has 0 aromatic carbocycles. The monoisotopic (exact) mass is 330 g/mol. The molecule has 0 bridgehead atoms. The number of ether oxygens (including phenoxy) is 2. The molecular formula is C14H22N2O7. The Morgan fingerprint density at radius 1 is 1.13 bits per heavy atom. The van der Waals surface area contributed by atoms with Gasteiger partial charge in [-0.15, -0.1) is 0 Å². The second-order valence-corrected chi connectivity index (χ2v) is 4.72. The lowest BCUT2D eigenvalue weighted by atomic mass is 10.3. The quantitative estimate of drug-likeness (QED) is 0.390. The van der Waals surface area contributed by atoms with Crippen LogP contribution in [0.2, 0.25) is 0 Å². The second kappa shape index (κ2) is 10.7. The highest BCUT2D eigenvalue weighted by atomic mass is 16.7. The fourth-order valence-electron chi connectivity index (χ4n) is 1.67. The van der Waals surface area contributed by atoms with Gasteiger partial charge in [-0.05, 0) is 0 Å². The average molecular weight is 330 g/mol. The molecule has 1 N–H and O–H groups in total. The van der Waals surface area contributed by atoms with Gasteiger partial charge in [-0.1, -0.05) is 6.92 Å². The molecule has 9 heteroatoms. The molecule has 0 aromatic heterocycles. The van der Waals surface area contributed by atoms with E-state index in [2.05, 4.69) is 5.32 Å². The van der Waals surface area contributed by atoms with Gasteiger partial charge in [-0.2, -0.15) is 5.06 Å². The smallest absolute Gasteiger partial charge is 0.334 e. The zero-order chi connectivity index (χ0) is 17.1. The Balaban J connectivity index is 1.93. The molecule has 1 heterocycles. The van der Waals surface area contributed by atoms with Crippen LogP contribution in [0.15, 0.2) is 0 Å². The zero-order valence-electron chi connectivity index (χ0n) is 13.2. The highest BCUT2D eigenvalue weighted by molar-refractivity contribution is 6.37. The Kier molecular flexibility index (Phi) is 8.85. The lowest BCUT2D eigenvalue weighted by Gasteiger charge is -2.13. The van der Waals surface area contributed by atoms with Gasteiger partial charge in [0.15, 0.2) is 0 Å². The van der Waals surface area contributed by atoms with Crippen LogP contribution in [-0.2, 0) is 33.5 Å². The van der Waals surface area contributed by atoms with E-state index in [4.69, 9.17) is 14.3 Å². The summed E-state index contributed by atoms with van der Waals surface area (Å²) in [6.45, 7) is 3.49. The van der Waals surface area contributed by atoms with Gasteiger partial charge < -0.3 is 19.6 Å². The van der Waals surface area contributed by atoms with E-state index >= 15 is 0 Å². The van der Waals surface area contributed by atoms with E-state index in [1.54, 1.807) is 6.92 Å². The van der Waals surface area contributed by atoms with E-state index in [0.29, 0.717) is 32.8 Å². The summed E-state index contributed by atoms with van der Waals surface area (Å²) in [5, 5.41) is 3.44. The Hall–Kier alpha value is -2.00. The first-order chi connectivity index (χ1) is 11.0. The molecule has 0 spiro atoms. The number of Topliss-reactive ketones (excluding diaryl/α,β-unsaturated/α-hetero) is 1. The maximum absolute atomic E-state index is 11.4. The van der Waals surface area contributed by atoms with Crippen LogP contribution in [0.25, 0.3) is 0 Å². The molecule has 1 aliphatic rings. The number of amides is 2. The third kappa shape index (κ3) is 7.71. The number of hydroxylamine groups is 2. The molecule has 1 saturated heterocycles. The fraction of sp³-hybridized carbons (Fsp3) is 0.714. The molecular weight excluding hydrogens is 308 g/mol. The largest absolute Gasteiger partial charge is 0.378 e. The zero-order valence-corrected chi connectivity index (χ0v) is 13.2. The van der Waals surface area contributed by atoms with E-state index in [-0.39, 0.29) is 31.9 Å². The second-order valence-electron chi connectivity index (χ2n) is 4.72. The van der Waals surface area contributed by atoms with Crippen molar-refractivity contribution in [3.05, 3.63) is 0 Å². The molecule has 0 unspecified atom stereocenters. The van der Waals surface area contributed by atoms with Gasteiger partial charge in [0.05, 0.1) is 39.4 Å². The number of nitrogens with one attached hydrogen (secondary N) is 1. The van der Waals surface area contributed by atoms with Crippen LogP contribution in [0.1, 0.15) is 26.2 Å². The summed E-state index contributed by atoms with van der Waals surface area (Å²) in [5.74, 6) is -2.00. The molecule has 23 heavy (non-hydrogen) atoms. The lowest BCUT2D eigenvalue weighted by Crippen LogP contribution is -2.30. The molecule has 1 fully saturated rings. The van der Waals surface area contributed by atoms with Gasteiger partial charge in [-0.3, -0.25) is 14.4 Å². The molecule has 0 radical (unpaired) electrons. The maximum atomic E-state index is 11.4. The minimum atomic E-state index is -0.789. The summed E-state index contributed by atoms with van der Waals surface area (Å²) in [6, 6.07) is 0. The first kappa shape index (κ1) is 19.0. The molecule has 0 aromatic rings. The Morgan fingerprint density at radius 2 is 1.83 bits per heavy atom. The highest BCUT2D eigenvalue weighted by Crippen LogP contribution is 2.07. The summed E-state index contributed by atoms with van der Waals surface area (Å²) in [7, 11) is 0. The third-order valence-electron chi connectivity index (χ3n) is 2.93. The number of carbonyl (C=O) groups excluding carboxylic acids is 4. The SMILES string of the molecule is CCC(=O)NCCOCCOCCC(=O)ON1CCC(=O)C1=O. The van der Waals surface area contributed by atoms with Crippen molar-refractivity contribution in [1.82, 2.24) is 10.4 Å². The Morgan fingerprint density at radius 3 is 2.43 bits per heavy atom. The van der Waals surface area contributed by atoms with Crippen LogP contribution in [0, 0.1) is 0 Å². The highest BCUT2D eigenvalue weighted by Gasteiger charge is 2.32. The molecule has 130 valence electrons. The van der Waals surface area contributed by atoms with Crippen molar-refractivity contribution < 1.29 is 33.5 Å². The van der Waals surface area contributed by atoms with Crippen LogP contribution < -0.4 is 5.32 Å². The minimum absolute atomic E-state index is 0.0233. The van der Waals surface area contributed by atoms with Gasteiger partial charge in [0.25, 0.3) is 0 Å². The van der Waals surface area contributed by atoms with Gasteiger partial charge in [0.2, 0.25) is 11.7 Å². The van der Waals surface area contributed by atoms with Gasteiger partial charge in [0, 0.05) is 19.4 Å². The number of nitrogens with zero attached hydrogens (tertiary/aromatic N) is 1. The molecule has 0 aliphatic carbocycles. The van der Waals surface area contributed by atoms with E-state index < -0.39 is 17.7 Å². The van der Waals surface area contributed by atoms with Crippen LogP contribution in [0.4, 0.5) is 0 Å². The van der Waals surface area contributed by atoms with Crippen LogP contribution in [0.5, 0.6) is 0 Å². The molecule has 2 amide bonds. The summed E-state index contributed by atoms with van der Waals surface area (Å²) < 4.78 is 10.4. The fourth-order valence-corrected chi connectivity index (χ4v) is 1.67. The van der Waals surface area contributed by atoms with Crippen molar-refractivity contribution in [3.8, 4) is 0 Å². The molecule has 1 aliphatic heterocycles. The van der Waals surface area contributed by atoms with Gasteiger partial charge in [-0.25, -0.2) is 4.79 Å². The number of hydrogen-bond acceptors (Lipinski definition) is 7.